The van der Waals surface area contributed by atoms with Crippen molar-refractivity contribution in [2.75, 3.05) is 11.1 Å². The number of hydrogen-bond acceptors (Lipinski definition) is 2. The van der Waals surface area contributed by atoms with Crippen molar-refractivity contribution in [2.24, 2.45) is 0 Å². The molecule has 1 aromatic rings. The zero-order valence-corrected chi connectivity index (χ0v) is 8.43. The highest BCUT2D eigenvalue weighted by Gasteiger charge is 1.93. The zero-order valence-electron chi connectivity index (χ0n) is 7.62. The Kier molecular flexibility index (Phi) is 4.40. The number of anilines is 1. The molecule has 0 radical (unpaired) electrons. The summed E-state index contributed by atoms with van der Waals surface area (Å²) in [6.45, 7) is 2.16. The first kappa shape index (κ1) is 10.1. The van der Waals surface area contributed by atoms with Gasteiger partial charge in [-0.2, -0.15) is 0 Å². The lowest BCUT2D eigenvalue weighted by atomic mass is 10.3. The summed E-state index contributed by atoms with van der Waals surface area (Å²) in [5, 5.41) is 2.60. The van der Waals surface area contributed by atoms with Gasteiger partial charge in [0.15, 0.2) is 0 Å². The Labute approximate surface area is 82.7 Å². The minimum atomic E-state index is 0.689. The lowest BCUT2D eigenvalue weighted by molar-refractivity contribution is -0.105. The average molecular weight is 195 g/mol. The Morgan fingerprint density at radius 2 is 2.08 bits per heavy atom. The number of carbonyl (C=O) groups excluding carboxylic acids is 1. The standard InChI is InChI=1S/C10H13NOS/c1-2-7-13-10-5-3-9(4-6-10)11-8-12/h3-6,8H,2,7H2,1H3,(H,11,12). The largest absolute Gasteiger partial charge is 0.329 e. The molecule has 1 N–H and O–H groups in total. The van der Waals surface area contributed by atoms with Gasteiger partial charge >= 0.3 is 0 Å². The molecule has 0 heterocycles. The summed E-state index contributed by atoms with van der Waals surface area (Å²) in [7, 11) is 0. The first-order valence-electron chi connectivity index (χ1n) is 4.30. The van der Waals surface area contributed by atoms with Gasteiger partial charge in [-0.05, 0) is 36.4 Å². The molecule has 0 bridgehead atoms. The molecule has 1 aromatic carbocycles. The van der Waals surface area contributed by atoms with E-state index in [-0.39, 0.29) is 0 Å². The first-order valence-corrected chi connectivity index (χ1v) is 5.28. The number of carbonyl (C=O) groups is 1. The van der Waals surface area contributed by atoms with Gasteiger partial charge in [0, 0.05) is 10.6 Å². The Bertz CT molecular complexity index is 258. The highest BCUT2D eigenvalue weighted by molar-refractivity contribution is 7.99. The molecule has 0 spiro atoms. The summed E-state index contributed by atoms with van der Waals surface area (Å²) in [4.78, 5) is 11.4. The smallest absolute Gasteiger partial charge is 0.211 e. The van der Waals surface area contributed by atoms with Crippen molar-refractivity contribution in [1.29, 1.82) is 0 Å². The fourth-order valence-electron chi connectivity index (χ4n) is 0.935. The Morgan fingerprint density at radius 3 is 2.62 bits per heavy atom. The molecule has 0 aromatic heterocycles. The van der Waals surface area contributed by atoms with Crippen LogP contribution >= 0.6 is 11.8 Å². The summed E-state index contributed by atoms with van der Waals surface area (Å²) >= 11 is 1.83. The second kappa shape index (κ2) is 5.65. The van der Waals surface area contributed by atoms with Crippen LogP contribution in [0.25, 0.3) is 0 Å². The van der Waals surface area contributed by atoms with Gasteiger partial charge in [-0.3, -0.25) is 4.79 Å². The van der Waals surface area contributed by atoms with Gasteiger partial charge in [-0.1, -0.05) is 6.92 Å². The third kappa shape index (κ3) is 3.51. The molecule has 0 saturated heterocycles. The van der Waals surface area contributed by atoms with Crippen molar-refractivity contribution in [1.82, 2.24) is 0 Å². The van der Waals surface area contributed by atoms with E-state index in [4.69, 9.17) is 0 Å². The van der Waals surface area contributed by atoms with Crippen LogP contribution in [0, 0.1) is 0 Å². The van der Waals surface area contributed by atoms with E-state index in [0.717, 1.165) is 11.4 Å². The lowest BCUT2D eigenvalue weighted by Gasteiger charge is -2.01. The second-order valence-corrected chi connectivity index (χ2v) is 3.80. The minimum absolute atomic E-state index is 0.689. The Morgan fingerprint density at radius 1 is 1.38 bits per heavy atom. The average Bonchev–Trinajstić information content (AvgIpc) is 2.17. The van der Waals surface area contributed by atoms with Crippen LogP contribution in [0.3, 0.4) is 0 Å². The van der Waals surface area contributed by atoms with Gasteiger partial charge in [0.25, 0.3) is 0 Å². The zero-order chi connectivity index (χ0) is 9.52. The predicted molar refractivity (Wildman–Crippen MR) is 57.1 cm³/mol. The SMILES string of the molecule is CCCSc1ccc(NC=O)cc1. The summed E-state index contributed by atoms with van der Waals surface area (Å²) in [5.41, 5.74) is 0.843. The number of rotatable bonds is 5. The van der Waals surface area contributed by atoms with Crippen LogP contribution in [0.1, 0.15) is 13.3 Å². The van der Waals surface area contributed by atoms with Gasteiger partial charge in [-0.15, -0.1) is 11.8 Å². The van der Waals surface area contributed by atoms with Crippen molar-refractivity contribution in [3.05, 3.63) is 24.3 Å². The minimum Gasteiger partial charge on any atom is -0.329 e. The first-order chi connectivity index (χ1) is 6.36. The molecule has 0 fully saturated rings. The van der Waals surface area contributed by atoms with Gasteiger partial charge < -0.3 is 5.32 Å². The van der Waals surface area contributed by atoms with Crippen LogP contribution in [0.5, 0.6) is 0 Å². The van der Waals surface area contributed by atoms with Crippen molar-refractivity contribution in [3.8, 4) is 0 Å². The molecule has 0 aliphatic carbocycles. The third-order valence-electron chi connectivity index (χ3n) is 1.55. The van der Waals surface area contributed by atoms with E-state index in [1.807, 2.05) is 36.0 Å². The quantitative estimate of drug-likeness (QED) is 0.578. The van der Waals surface area contributed by atoms with Gasteiger partial charge in [0.2, 0.25) is 6.41 Å². The molecule has 70 valence electrons. The molecule has 0 saturated carbocycles. The summed E-state index contributed by atoms with van der Waals surface area (Å²) in [6.07, 6.45) is 1.87. The van der Waals surface area contributed by atoms with E-state index in [1.165, 1.54) is 11.3 Å². The van der Waals surface area contributed by atoms with E-state index in [2.05, 4.69) is 12.2 Å². The van der Waals surface area contributed by atoms with E-state index in [1.54, 1.807) is 0 Å². The molecule has 1 amide bonds. The monoisotopic (exact) mass is 195 g/mol. The van der Waals surface area contributed by atoms with Crippen molar-refractivity contribution in [2.45, 2.75) is 18.2 Å². The maximum atomic E-state index is 10.1. The summed E-state index contributed by atoms with van der Waals surface area (Å²) in [6, 6.07) is 7.86. The van der Waals surface area contributed by atoms with Crippen LogP contribution in [0.4, 0.5) is 5.69 Å². The molecule has 3 heteroatoms. The number of benzene rings is 1. The molecular formula is C10H13NOS. The third-order valence-corrected chi connectivity index (χ3v) is 2.77. The molecule has 2 nitrogen and oxygen atoms in total. The van der Waals surface area contributed by atoms with E-state index >= 15 is 0 Å². The predicted octanol–water partition coefficient (Wildman–Crippen LogP) is 2.76. The summed E-state index contributed by atoms with van der Waals surface area (Å²) < 4.78 is 0. The number of hydrogen-bond donors (Lipinski definition) is 1. The van der Waals surface area contributed by atoms with Gasteiger partial charge in [0.05, 0.1) is 0 Å². The topological polar surface area (TPSA) is 29.1 Å². The van der Waals surface area contributed by atoms with Crippen LogP contribution in [-0.2, 0) is 4.79 Å². The molecule has 0 aliphatic heterocycles. The van der Waals surface area contributed by atoms with Crippen LogP contribution in [0.15, 0.2) is 29.2 Å². The van der Waals surface area contributed by atoms with Crippen molar-refractivity contribution >= 4 is 23.9 Å². The Balaban J connectivity index is 2.53. The van der Waals surface area contributed by atoms with Crippen molar-refractivity contribution in [3.63, 3.8) is 0 Å². The normalized spacial score (nSPS) is 9.62. The Hall–Kier alpha value is -0.960. The maximum absolute atomic E-state index is 10.1. The van der Waals surface area contributed by atoms with Crippen LogP contribution in [-0.4, -0.2) is 12.2 Å². The molecule has 0 unspecified atom stereocenters. The van der Waals surface area contributed by atoms with Crippen molar-refractivity contribution < 1.29 is 4.79 Å². The molecular weight excluding hydrogens is 182 g/mol. The lowest BCUT2D eigenvalue weighted by Crippen LogP contribution is -1.92. The molecule has 1 rings (SSSR count). The van der Waals surface area contributed by atoms with Crippen LogP contribution in [0.2, 0.25) is 0 Å². The number of thioether (sulfide) groups is 1. The van der Waals surface area contributed by atoms with E-state index in [9.17, 15) is 4.79 Å². The fraction of sp³-hybridized carbons (Fsp3) is 0.300. The fourth-order valence-corrected chi connectivity index (χ4v) is 1.70. The molecule has 0 atom stereocenters. The van der Waals surface area contributed by atoms with Crippen LogP contribution < -0.4 is 5.32 Å². The molecule has 0 aliphatic rings. The summed E-state index contributed by atoms with van der Waals surface area (Å²) in [5.74, 6) is 1.14. The highest BCUT2D eigenvalue weighted by Crippen LogP contribution is 2.20. The maximum Gasteiger partial charge on any atom is 0.211 e. The van der Waals surface area contributed by atoms with E-state index < -0.39 is 0 Å². The number of nitrogens with one attached hydrogen (secondary N) is 1. The second-order valence-electron chi connectivity index (χ2n) is 2.64. The van der Waals surface area contributed by atoms with E-state index in [0.29, 0.717) is 6.41 Å². The number of amides is 1. The van der Waals surface area contributed by atoms with Gasteiger partial charge in [-0.25, -0.2) is 0 Å². The molecule has 13 heavy (non-hydrogen) atoms. The van der Waals surface area contributed by atoms with Gasteiger partial charge in [0.1, 0.15) is 0 Å². The highest BCUT2D eigenvalue weighted by atomic mass is 32.2.